The predicted molar refractivity (Wildman–Crippen MR) is 77.4 cm³/mol. The fraction of sp³-hybridized carbons (Fsp3) is 0.200. The van der Waals surface area contributed by atoms with E-state index in [9.17, 15) is 9.59 Å². The molecule has 2 aromatic rings. The number of urea groups is 1. The second kappa shape index (κ2) is 6.13. The number of carboxylic acids is 1. The van der Waals surface area contributed by atoms with Crippen LogP contribution in [0.4, 0.5) is 10.5 Å². The third-order valence-corrected chi connectivity index (χ3v) is 2.94. The highest BCUT2D eigenvalue weighted by atomic mass is 16.4. The van der Waals surface area contributed by atoms with Crippen molar-refractivity contribution in [2.24, 2.45) is 0 Å². The molecule has 0 aliphatic carbocycles. The molecule has 1 unspecified atom stereocenters. The quantitative estimate of drug-likeness (QED) is 0.805. The highest BCUT2D eigenvalue weighted by molar-refractivity contribution is 6.00. The summed E-state index contributed by atoms with van der Waals surface area (Å²) in [6, 6.07) is 8.99. The number of carbonyl (C=O) groups is 2. The molecule has 0 aliphatic heterocycles. The molecule has 1 aromatic heterocycles. The topological polar surface area (TPSA) is 91.6 Å². The zero-order valence-corrected chi connectivity index (χ0v) is 11.7. The van der Waals surface area contributed by atoms with E-state index in [1.54, 1.807) is 25.1 Å². The molecular weight excluding hydrogens is 272 g/mol. The van der Waals surface area contributed by atoms with Crippen molar-refractivity contribution < 1.29 is 19.1 Å². The summed E-state index contributed by atoms with van der Waals surface area (Å²) in [6.07, 6.45) is 0. The fourth-order valence-electron chi connectivity index (χ4n) is 1.89. The first-order valence-electron chi connectivity index (χ1n) is 6.43. The molecule has 0 spiro atoms. The summed E-state index contributed by atoms with van der Waals surface area (Å²) in [4.78, 5) is 23.0. The van der Waals surface area contributed by atoms with Crippen molar-refractivity contribution in [3.8, 4) is 0 Å². The number of nitrogens with one attached hydrogen (secondary N) is 2. The molecule has 3 N–H and O–H groups in total. The second-order valence-electron chi connectivity index (χ2n) is 4.62. The van der Waals surface area contributed by atoms with E-state index in [0.29, 0.717) is 5.76 Å². The van der Waals surface area contributed by atoms with Gasteiger partial charge in [0.15, 0.2) is 0 Å². The zero-order chi connectivity index (χ0) is 15.4. The Morgan fingerprint density at radius 2 is 1.90 bits per heavy atom. The Balaban J connectivity index is 2.04. The van der Waals surface area contributed by atoms with Crippen LogP contribution in [0.3, 0.4) is 0 Å². The Kier molecular flexibility index (Phi) is 4.27. The third kappa shape index (κ3) is 3.62. The maximum Gasteiger partial charge on any atom is 0.337 e. The molecule has 21 heavy (non-hydrogen) atoms. The number of para-hydroxylation sites is 1. The molecule has 2 rings (SSSR count). The molecule has 0 saturated carbocycles. The van der Waals surface area contributed by atoms with Gasteiger partial charge in [0.05, 0.1) is 17.3 Å². The van der Waals surface area contributed by atoms with E-state index in [2.05, 4.69) is 10.6 Å². The summed E-state index contributed by atoms with van der Waals surface area (Å²) >= 11 is 0. The van der Waals surface area contributed by atoms with Crippen LogP contribution >= 0.6 is 0 Å². The highest BCUT2D eigenvalue weighted by Crippen LogP contribution is 2.17. The van der Waals surface area contributed by atoms with Crippen molar-refractivity contribution in [3.63, 3.8) is 0 Å². The van der Waals surface area contributed by atoms with Crippen molar-refractivity contribution in [3.05, 3.63) is 53.5 Å². The van der Waals surface area contributed by atoms with Gasteiger partial charge in [0.25, 0.3) is 0 Å². The van der Waals surface area contributed by atoms with Gasteiger partial charge in [-0.15, -0.1) is 0 Å². The Hall–Kier alpha value is -2.76. The van der Waals surface area contributed by atoms with Gasteiger partial charge in [-0.3, -0.25) is 0 Å². The van der Waals surface area contributed by atoms with Crippen molar-refractivity contribution in [2.45, 2.75) is 19.9 Å². The summed E-state index contributed by atoms with van der Waals surface area (Å²) in [5, 5.41) is 14.3. The molecule has 1 heterocycles. The van der Waals surface area contributed by atoms with E-state index in [1.807, 2.05) is 13.0 Å². The first-order valence-corrected chi connectivity index (χ1v) is 6.43. The minimum absolute atomic E-state index is 0.0362. The molecule has 110 valence electrons. The van der Waals surface area contributed by atoms with Crippen LogP contribution in [0.2, 0.25) is 0 Å². The standard InChI is InChI=1S/C15H16N2O4/c1-9-7-8-13(21-9)10(2)16-15(20)17-12-6-4-3-5-11(12)14(18)19/h3-8,10H,1-2H3,(H,18,19)(H2,16,17,20). The number of aryl methyl sites for hydroxylation is 1. The minimum atomic E-state index is -1.10. The Bertz CT molecular complexity index is 663. The van der Waals surface area contributed by atoms with Crippen LogP contribution in [-0.2, 0) is 0 Å². The van der Waals surface area contributed by atoms with Gasteiger partial charge in [-0.05, 0) is 38.1 Å². The maximum atomic E-state index is 11.9. The summed E-state index contributed by atoms with van der Waals surface area (Å²) < 4.78 is 5.42. The van der Waals surface area contributed by atoms with Crippen LogP contribution in [0.1, 0.15) is 34.8 Å². The molecular formula is C15H16N2O4. The molecule has 6 heteroatoms. The summed E-state index contributed by atoms with van der Waals surface area (Å²) in [5.74, 6) is 0.296. The average molecular weight is 288 g/mol. The van der Waals surface area contributed by atoms with Gasteiger partial charge in [-0.2, -0.15) is 0 Å². The van der Waals surface area contributed by atoms with Gasteiger partial charge >= 0.3 is 12.0 Å². The monoisotopic (exact) mass is 288 g/mol. The number of carboxylic acid groups (broad SMARTS) is 1. The van der Waals surface area contributed by atoms with Crippen LogP contribution in [0.25, 0.3) is 0 Å². The Morgan fingerprint density at radius 1 is 1.19 bits per heavy atom. The Labute approximate surface area is 121 Å². The van der Waals surface area contributed by atoms with E-state index in [1.165, 1.54) is 12.1 Å². The van der Waals surface area contributed by atoms with Crippen LogP contribution in [-0.4, -0.2) is 17.1 Å². The van der Waals surface area contributed by atoms with Crippen LogP contribution in [0.5, 0.6) is 0 Å². The largest absolute Gasteiger partial charge is 0.478 e. The number of benzene rings is 1. The smallest absolute Gasteiger partial charge is 0.337 e. The van der Waals surface area contributed by atoms with Crippen molar-refractivity contribution in [2.75, 3.05) is 5.32 Å². The van der Waals surface area contributed by atoms with Crippen molar-refractivity contribution in [1.29, 1.82) is 0 Å². The molecule has 0 aliphatic rings. The fourth-order valence-corrected chi connectivity index (χ4v) is 1.89. The molecule has 0 radical (unpaired) electrons. The van der Waals surface area contributed by atoms with Crippen LogP contribution in [0, 0.1) is 6.92 Å². The van der Waals surface area contributed by atoms with Gasteiger partial charge in [0.2, 0.25) is 0 Å². The van der Waals surface area contributed by atoms with Crippen LogP contribution in [0.15, 0.2) is 40.8 Å². The van der Waals surface area contributed by atoms with E-state index in [0.717, 1.165) is 5.76 Å². The molecule has 1 aromatic carbocycles. The summed E-state index contributed by atoms with van der Waals surface area (Å²) in [6.45, 7) is 3.60. The lowest BCUT2D eigenvalue weighted by Gasteiger charge is -2.13. The molecule has 2 amide bonds. The van der Waals surface area contributed by atoms with E-state index < -0.39 is 12.0 Å². The number of carbonyl (C=O) groups excluding carboxylic acids is 1. The first-order chi connectivity index (χ1) is 9.97. The lowest BCUT2D eigenvalue weighted by atomic mass is 10.2. The first kappa shape index (κ1) is 14.6. The van der Waals surface area contributed by atoms with E-state index >= 15 is 0 Å². The minimum Gasteiger partial charge on any atom is -0.478 e. The number of amides is 2. The number of furan rings is 1. The number of hydrogen-bond acceptors (Lipinski definition) is 3. The lowest BCUT2D eigenvalue weighted by Crippen LogP contribution is -2.31. The Morgan fingerprint density at radius 3 is 2.52 bits per heavy atom. The van der Waals surface area contributed by atoms with Crippen LogP contribution < -0.4 is 10.6 Å². The van der Waals surface area contributed by atoms with E-state index in [4.69, 9.17) is 9.52 Å². The number of anilines is 1. The van der Waals surface area contributed by atoms with Gasteiger partial charge in [-0.25, -0.2) is 9.59 Å². The molecule has 0 saturated heterocycles. The predicted octanol–water partition coefficient (Wildman–Crippen LogP) is 3.17. The molecule has 0 fully saturated rings. The van der Waals surface area contributed by atoms with Gasteiger partial charge < -0.3 is 20.2 Å². The highest BCUT2D eigenvalue weighted by Gasteiger charge is 2.15. The van der Waals surface area contributed by atoms with Crippen molar-refractivity contribution in [1.82, 2.24) is 5.32 Å². The average Bonchev–Trinajstić information content (AvgIpc) is 2.85. The molecule has 1 atom stereocenters. The van der Waals surface area contributed by atoms with Gasteiger partial charge in [-0.1, -0.05) is 12.1 Å². The zero-order valence-electron chi connectivity index (χ0n) is 11.7. The summed E-state index contributed by atoms with van der Waals surface area (Å²) in [5.41, 5.74) is 0.277. The lowest BCUT2D eigenvalue weighted by molar-refractivity contribution is 0.0698. The number of aromatic carboxylic acids is 1. The third-order valence-electron chi connectivity index (χ3n) is 2.94. The van der Waals surface area contributed by atoms with Crippen molar-refractivity contribution >= 4 is 17.7 Å². The van der Waals surface area contributed by atoms with Gasteiger partial charge in [0, 0.05) is 0 Å². The number of rotatable bonds is 4. The second-order valence-corrected chi connectivity index (χ2v) is 4.62. The normalized spacial score (nSPS) is 11.7. The van der Waals surface area contributed by atoms with Gasteiger partial charge in [0.1, 0.15) is 11.5 Å². The molecule has 6 nitrogen and oxygen atoms in total. The van der Waals surface area contributed by atoms with E-state index in [-0.39, 0.29) is 17.3 Å². The summed E-state index contributed by atoms with van der Waals surface area (Å²) in [7, 11) is 0. The SMILES string of the molecule is Cc1ccc(C(C)NC(=O)Nc2ccccc2C(=O)O)o1. The number of hydrogen-bond donors (Lipinski definition) is 3. The maximum absolute atomic E-state index is 11.9. The molecule has 0 bridgehead atoms.